The zero-order valence-corrected chi connectivity index (χ0v) is 17.2. The molecule has 1 saturated carbocycles. The van der Waals surface area contributed by atoms with E-state index >= 15 is 0 Å². The monoisotopic (exact) mass is 448 g/mol. The molecule has 3 atom stereocenters. The number of nitrogens with one attached hydrogen (secondary N) is 2. The summed E-state index contributed by atoms with van der Waals surface area (Å²) in [7, 11) is 0. The van der Waals surface area contributed by atoms with Crippen LogP contribution in [0, 0.1) is 5.92 Å². The van der Waals surface area contributed by atoms with Crippen LogP contribution in [-0.4, -0.2) is 37.2 Å². The van der Waals surface area contributed by atoms with Crippen molar-refractivity contribution in [2.45, 2.75) is 37.6 Å². The van der Waals surface area contributed by atoms with Crippen LogP contribution in [-0.2, 0) is 15.7 Å². The Balaban J connectivity index is 1.25. The smallest absolute Gasteiger partial charge is 0.416 e. The van der Waals surface area contributed by atoms with E-state index in [0.29, 0.717) is 17.2 Å². The van der Waals surface area contributed by atoms with Crippen molar-refractivity contribution in [3.8, 4) is 5.75 Å². The highest BCUT2D eigenvalue weighted by Gasteiger charge is 2.44. The summed E-state index contributed by atoms with van der Waals surface area (Å²) in [6.07, 6.45) is -1.33. The van der Waals surface area contributed by atoms with E-state index in [1.165, 1.54) is 12.1 Å². The third kappa shape index (κ3) is 5.21. The number of hydrogen-bond donors (Lipinski definition) is 2. The first-order valence-electron chi connectivity index (χ1n) is 10.4. The molecule has 0 aromatic heterocycles. The first-order chi connectivity index (χ1) is 15.3. The van der Waals surface area contributed by atoms with Crippen molar-refractivity contribution < 1.29 is 32.2 Å². The number of halogens is 3. The van der Waals surface area contributed by atoms with Crippen molar-refractivity contribution in [3.05, 3.63) is 59.7 Å². The van der Waals surface area contributed by atoms with E-state index in [0.717, 1.165) is 38.0 Å². The van der Waals surface area contributed by atoms with Gasteiger partial charge in [0.25, 0.3) is 11.8 Å². The second-order valence-electron chi connectivity index (χ2n) is 7.97. The maximum Gasteiger partial charge on any atom is 0.416 e. The van der Waals surface area contributed by atoms with Gasteiger partial charge in [-0.25, -0.2) is 0 Å². The van der Waals surface area contributed by atoms with Crippen molar-refractivity contribution in [3.63, 3.8) is 0 Å². The number of amides is 2. The summed E-state index contributed by atoms with van der Waals surface area (Å²) >= 11 is 0. The summed E-state index contributed by atoms with van der Waals surface area (Å²) in [4.78, 5) is 24.5. The van der Waals surface area contributed by atoms with Gasteiger partial charge in [-0.1, -0.05) is 6.07 Å². The van der Waals surface area contributed by atoms with Gasteiger partial charge in [0, 0.05) is 29.8 Å². The van der Waals surface area contributed by atoms with Gasteiger partial charge >= 0.3 is 6.18 Å². The number of carbonyl (C=O) groups excluding carboxylic acids is 2. The summed E-state index contributed by atoms with van der Waals surface area (Å²) < 4.78 is 49.3. The largest absolute Gasteiger partial charge is 0.484 e. The number of ether oxygens (including phenoxy) is 2. The fourth-order valence-electron chi connectivity index (χ4n) is 4.04. The van der Waals surface area contributed by atoms with Crippen LogP contribution in [0.2, 0.25) is 0 Å². The molecule has 170 valence electrons. The third-order valence-electron chi connectivity index (χ3n) is 5.77. The van der Waals surface area contributed by atoms with Crippen LogP contribution in [0.3, 0.4) is 0 Å². The average molecular weight is 448 g/mol. The highest BCUT2D eigenvalue weighted by molar-refractivity contribution is 5.94. The molecule has 1 saturated heterocycles. The van der Waals surface area contributed by atoms with Crippen LogP contribution < -0.4 is 15.4 Å². The van der Waals surface area contributed by atoms with Crippen molar-refractivity contribution in [2.24, 2.45) is 5.92 Å². The topological polar surface area (TPSA) is 76.7 Å². The molecule has 32 heavy (non-hydrogen) atoms. The SMILES string of the molecule is O=C(COc1ccc(C(=O)NC2CC3OCCCC23)cc1)Nc1cccc(C(F)(F)F)c1. The number of hydrogen-bond acceptors (Lipinski definition) is 4. The van der Waals surface area contributed by atoms with E-state index in [1.54, 1.807) is 24.3 Å². The number of rotatable bonds is 6. The molecule has 6 nitrogen and oxygen atoms in total. The molecule has 2 N–H and O–H groups in total. The molecule has 2 amide bonds. The molecule has 9 heteroatoms. The fourth-order valence-corrected chi connectivity index (χ4v) is 4.04. The predicted molar refractivity (Wildman–Crippen MR) is 110 cm³/mol. The summed E-state index contributed by atoms with van der Waals surface area (Å²) in [5, 5.41) is 5.41. The first kappa shape index (κ1) is 22.1. The molecule has 1 heterocycles. The van der Waals surface area contributed by atoms with Crippen LogP contribution in [0.1, 0.15) is 35.2 Å². The molecule has 2 aromatic rings. The second kappa shape index (κ2) is 9.20. The van der Waals surface area contributed by atoms with Crippen molar-refractivity contribution >= 4 is 17.5 Å². The molecule has 4 rings (SSSR count). The Labute approximate surface area is 183 Å². The Bertz CT molecular complexity index is 978. The van der Waals surface area contributed by atoms with Gasteiger partial charge in [0.05, 0.1) is 11.7 Å². The lowest BCUT2D eigenvalue weighted by Crippen LogP contribution is -2.57. The summed E-state index contributed by atoms with van der Waals surface area (Å²) in [6, 6.07) is 10.8. The summed E-state index contributed by atoms with van der Waals surface area (Å²) in [5.74, 6) is -0.0241. The number of fused-ring (bicyclic) bond motifs is 1. The van der Waals surface area contributed by atoms with E-state index in [9.17, 15) is 22.8 Å². The molecule has 1 aliphatic heterocycles. The van der Waals surface area contributed by atoms with Crippen molar-refractivity contribution in [1.29, 1.82) is 0 Å². The minimum atomic E-state index is -4.49. The van der Waals surface area contributed by atoms with E-state index in [-0.39, 0.29) is 30.3 Å². The van der Waals surface area contributed by atoms with Gasteiger partial charge in [-0.15, -0.1) is 0 Å². The first-order valence-corrected chi connectivity index (χ1v) is 10.4. The van der Waals surface area contributed by atoms with Crippen LogP contribution in [0.25, 0.3) is 0 Å². The Kier molecular flexibility index (Phi) is 6.36. The lowest BCUT2D eigenvalue weighted by Gasteiger charge is -2.47. The lowest BCUT2D eigenvalue weighted by atomic mass is 9.72. The van der Waals surface area contributed by atoms with E-state index < -0.39 is 17.6 Å². The van der Waals surface area contributed by atoms with E-state index in [2.05, 4.69) is 10.6 Å². The molecule has 2 aliphatic rings. The maximum absolute atomic E-state index is 12.8. The predicted octanol–water partition coefficient (Wildman–Crippen LogP) is 4.02. The van der Waals surface area contributed by atoms with E-state index in [4.69, 9.17) is 9.47 Å². The maximum atomic E-state index is 12.8. The zero-order chi connectivity index (χ0) is 22.7. The molecular weight excluding hydrogens is 425 g/mol. The third-order valence-corrected chi connectivity index (χ3v) is 5.77. The molecule has 2 fully saturated rings. The minimum absolute atomic E-state index is 0.0297. The van der Waals surface area contributed by atoms with Crippen molar-refractivity contribution in [1.82, 2.24) is 5.32 Å². The van der Waals surface area contributed by atoms with Crippen LogP contribution >= 0.6 is 0 Å². The standard InChI is InChI=1S/C23H23F3N2O4/c24-23(25,26)15-3-1-4-16(11-15)27-21(29)13-32-17-8-6-14(7-9-17)22(30)28-19-12-20-18(19)5-2-10-31-20/h1,3-4,6-9,11,18-20H,2,5,10,12-13H2,(H,27,29)(H,28,30). The van der Waals surface area contributed by atoms with Gasteiger partial charge in [-0.05, 0) is 61.7 Å². The van der Waals surface area contributed by atoms with Gasteiger partial charge in [-0.2, -0.15) is 13.2 Å². The molecule has 3 unspecified atom stereocenters. The number of carbonyl (C=O) groups is 2. The van der Waals surface area contributed by atoms with E-state index in [1.807, 2.05) is 0 Å². The number of alkyl halides is 3. The molecule has 2 aromatic carbocycles. The van der Waals surface area contributed by atoms with Crippen LogP contribution in [0.5, 0.6) is 5.75 Å². The normalized spacial score (nSPS) is 22.3. The number of benzene rings is 2. The van der Waals surface area contributed by atoms with Crippen LogP contribution in [0.15, 0.2) is 48.5 Å². The molecule has 0 bridgehead atoms. The van der Waals surface area contributed by atoms with Crippen LogP contribution in [0.4, 0.5) is 18.9 Å². The quantitative estimate of drug-likeness (QED) is 0.700. The fraction of sp³-hybridized carbons (Fsp3) is 0.391. The van der Waals surface area contributed by atoms with Gasteiger partial charge in [0.2, 0.25) is 0 Å². The Morgan fingerprint density at radius 3 is 2.62 bits per heavy atom. The average Bonchev–Trinajstić information content (AvgIpc) is 2.76. The Hall–Kier alpha value is -3.07. The minimum Gasteiger partial charge on any atom is -0.484 e. The summed E-state index contributed by atoms with van der Waals surface area (Å²) in [5.41, 5.74) is -0.341. The Morgan fingerprint density at radius 1 is 1.12 bits per heavy atom. The van der Waals surface area contributed by atoms with Gasteiger partial charge < -0.3 is 20.1 Å². The van der Waals surface area contributed by atoms with Crippen molar-refractivity contribution in [2.75, 3.05) is 18.5 Å². The number of anilines is 1. The Morgan fingerprint density at radius 2 is 1.91 bits per heavy atom. The molecule has 0 radical (unpaired) electrons. The molecule has 1 aliphatic carbocycles. The second-order valence-corrected chi connectivity index (χ2v) is 7.97. The lowest BCUT2D eigenvalue weighted by molar-refractivity contribution is -0.137. The van der Waals surface area contributed by atoms with Gasteiger partial charge in [0.1, 0.15) is 5.75 Å². The van der Waals surface area contributed by atoms with Gasteiger partial charge in [-0.3, -0.25) is 9.59 Å². The van der Waals surface area contributed by atoms with Gasteiger partial charge in [0.15, 0.2) is 6.61 Å². The zero-order valence-electron chi connectivity index (χ0n) is 17.2. The summed E-state index contributed by atoms with van der Waals surface area (Å²) in [6.45, 7) is 0.411. The molecular formula is C23H23F3N2O4. The highest BCUT2D eigenvalue weighted by atomic mass is 19.4. The molecule has 0 spiro atoms. The highest BCUT2D eigenvalue weighted by Crippen LogP contribution is 2.38.